The van der Waals surface area contributed by atoms with Crippen LogP contribution in [0, 0.1) is 5.92 Å². The number of benzene rings is 1. The number of hydrogen-bond acceptors (Lipinski definition) is 1. The van der Waals surface area contributed by atoms with Crippen molar-refractivity contribution in [1.82, 2.24) is 5.32 Å². The molecule has 0 amide bonds. The highest BCUT2D eigenvalue weighted by molar-refractivity contribution is 5.75. The molecule has 1 aliphatic heterocycles. The highest BCUT2D eigenvalue weighted by Crippen LogP contribution is 2.31. The van der Waals surface area contributed by atoms with E-state index in [2.05, 4.69) is 93.0 Å². The van der Waals surface area contributed by atoms with Crippen molar-refractivity contribution in [1.29, 1.82) is 0 Å². The van der Waals surface area contributed by atoms with Crippen molar-refractivity contribution in [2.75, 3.05) is 0 Å². The van der Waals surface area contributed by atoms with Crippen LogP contribution >= 0.6 is 0 Å². The number of rotatable bonds is 8. The molecule has 1 atom stereocenters. The van der Waals surface area contributed by atoms with Crippen LogP contribution in [0.15, 0.2) is 83.6 Å². The van der Waals surface area contributed by atoms with E-state index in [4.69, 9.17) is 0 Å². The first-order valence-corrected chi connectivity index (χ1v) is 11.4. The van der Waals surface area contributed by atoms with Crippen LogP contribution in [0.1, 0.15) is 71.3 Å². The van der Waals surface area contributed by atoms with Gasteiger partial charge in [0, 0.05) is 0 Å². The fourth-order valence-electron chi connectivity index (χ4n) is 4.45. The van der Waals surface area contributed by atoms with Crippen LogP contribution in [0.2, 0.25) is 0 Å². The predicted molar refractivity (Wildman–Crippen MR) is 128 cm³/mol. The lowest BCUT2D eigenvalue weighted by Crippen LogP contribution is -2.26. The number of hydrogen-bond donors (Lipinski definition) is 1. The van der Waals surface area contributed by atoms with Gasteiger partial charge in [0.05, 0.1) is 6.04 Å². The molecular formula is C28H37N. The third-order valence-electron chi connectivity index (χ3n) is 6.13. The predicted octanol–water partition coefficient (Wildman–Crippen LogP) is 7.75. The minimum absolute atomic E-state index is 0.288. The molecule has 0 radical (unpaired) electrons. The number of dihydropyridines is 1. The fraction of sp³-hybridized carbons (Fsp3) is 0.429. The zero-order valence-corrected chi connectivity index (χ0v) is 18.5. The maximum absolute atomic E-state index is 3.55. The standard InChI is InChI=1S/C28H37N/c1-4-10-22(2)15-16-27(26-13-6-5-7-14-26)19-23(3)28-21-25(17-18-29-28)20-24-11-8-9-12-24/h5-7,10,13-14,16-19,21,24,28-29H,4,8-9,11-12,15,20H2,1-3H3/b22-10?,23-19+,27-16+. The van der Waals surface area contributed by atoms with Gasteiger partial charge in [-0.15, -0.1) is 0 Å². The number of allylic oxidation sites excluding steroid dienone is 7. The molecule has 2 aliphatic rings. The molecule has 1 N–H and O–H groups in total. The summed E-state index contributed by atoms with van der Waals surface area (Å²) < 4.78 is 0. The van der Waals surface area contributed by atoms with E-state index in [1.54, 1.807) is 0 Å². The summed E-state index contributed by atoms with van der Waals surface area (Å²) in [5.41, 5.74) is 6.90. The summed E-state index contributed by atoms with van der Waals surface area (Å²) >= 11 is 0. The highest BCUT2D eigenvalue weighted by Gasteiger charge is 2.18. The molecule has 1 aromatic rings. The molecule has 1 aromatic carbocycles. The normalized spacial score (nSPS) is 21.3. The first-order valence-electron chi connectivity index (χ1n) is 11.4. The van der Waals surface area contributed by atoms with Crippen molar-refractivity contribution < 1.29 is 0 Å². The molecule has 1 saturated carbocycles. The van der Waals surface area contributed by atoms with Crippen LogP contribution in [-0.2, 0) is 0 Å². The van der Waals surface area contributed by atoms with Crippen molar-refractivity contribution in [2.24, 2.45) is 5.92 Å². The molecule has 3 rings (SSSR count). The lowest BCUT2D eigenvalue weighted by molar-refractivity contribution is 0.544. The van der Waals surface area contributed by atoms with E-state index in [1.165, 1.54) is 60.0 Å². The monoisotopic (exact) mass is 387 g/mol. The second kappa shape index (κ2) is 11.0. The molecule has 29 heavy (non-hydrogen) atoms. The van der Waals surface area contributed by atoms with E-state index in [0.717, 1.165) is 18.8 Å². The van der Waals surface area contributed by atoms with Gasteiger partial charge in [-0.2, -0.15) is 0 Å². The minimum Gasteiger partial charge on any atom is -0.381 e. The molecule has 1 heteroatoms. The Balaban J connectivity index is 1.78. The SMILES string of the molecule is CCC=C(C)C/C=C(\C=C(/C)C1C=C(CC2CCCC2)C=CN1)c1ccccc1. The van der Waals surface area contributed by atoms with Crippen LogP contribution in [0.3, 0.4) is 0 Å². The highest BCUT2D eigenvalue weighted by atomic mass is 14.9. The zero-order chi connectivity index (χ0) is 20.5. The lowest BCUT2D eigenvalue weighted by Gasteiger charge is -2.22. The lowest BCUT2D eigenvalue weighted by atomic mass is 9.92. The van der Waals surface area contributed by atoms with E-state index in [-0.39, 0.29) is 6.04 Å². The maximum atomic E-state index is 3.55. The van der Waals surface area contributed by atoms with Crippen molar-refractivity contribution in [3.63, 3.8) is 0 Å². The summed E-state index contributed by atoms with van der Waals surface area (Å²) in [6.45, 7) is 6.68. The van der Waals surface area contributed by atoms with Gasteiger partial charge in [0.2, 0.25) is 0 Å². The first kappa shape index (κ1) is 21.4. The van der Waals surface area contributed by atoms with Crippen LogP contribution < -0.4 is 5.32 Å². The molecule has 0 bridgehead atoms. The average Bonchev–Trinajstić information content (AvgIpc) is 3.25. The average molecular weight is 388 g/mol. The number of nitrogens with one attached hydrogen (secondary N) is 1. The van der Waals surface area contributed by atoms with E-state index < -0.39 is 0 Å². The van der Waals surface area contributed by atoms with Gasteiger partial charge in [0.1, 0.15) is 0 Å². The van der Waals surface area contributed by atoms with Gasteiger partial charge in [-0.3, -0.25) is 0 Å². The molecule has 0 spiro atoms. The topological polar surface area (TPSA) is 12.0 Å². The van der Waals surface area contributed by atoms with Gasteiger partial charge in [-0.1, -0.05) is 92.8 Å². The van der Waals surface area contributed by atoms with E-state index >= 15 is 0 Å². The van der Waals surface area contributed by atoms with E-state index in [9.17, 15) is 0 Å². The quantitative estimate of drug-likeness (QED) is 0.355. The molecule has 0 saturated heterocycles. The van der Waals surface area contributed by atoms with Crippen LogP contribution in [-0.4, -0.2) is 6.04 Å². The molecule has 1 unspecified atom stereocenters. The summed E-state index contributed by atoms with van der Waals surface area (Å²) in [6, 6.07) is 11.1. The van der Waals surface area contributed by atoms with Gasteiger partial charge in [0.15, 0.2) is 0 Å². The van der Waals surface area contributed by atoms with Gasteiger partial charge in [0.25, 0.3) is 0 Å². The zero-order valence-electron chi connectivity index (χ0n) is 18.5. The van der Waals surface area contributed by atoms with Crippen LogP contribution in [0.25, 0.3) is 5.57 Å². The Bertz CT molecular complexity index is 798. The van der Waals surface area contributed by atoms with E-state index in [1.807, 2.05) is 0 Å². The molecule has 1 aliphatic carbocycles. The van der Waals surface area contributed by atoms with Crippen molar-refractivity contribution in [3.8, 4) is 0 Å². The molecule has 0 aromatic heterocycles. The second-order valence-corrected chi connectivity index (χ2v) is 8.65. The smallest absolute Gasteiger partial charge is 0.0658 e. The molecule has 1 heterocycles. The van der Waals surface area contributed by atoms with Crippen LogP contribution in [0.4, 0.5) is 0 Å². The van der Waals surface area contributed by atoms with Crippen molar-refractivity contribution >= 4 is 5.57 Å². The van der Waals surface area contributed by atoms with Gasteiger partial charge >= 0.3 is 0 Å². The van der Waals surface area contributed by atoms with Crippen LogP contribution in [0.5, 0.6) is 0 Å². The van der Waals surface area contributed by atoms with Gasteiger partial charge < -0.3 is 5.32 Å². The second-order valence-electron chi connectivity index (χ2n) is 8.65. The Morgan fingerprint density at radius 2 is 1.83 bits per heavy atom. The summed E-state index contributed by atoms with van der Waals surface area (Å²) in [5.74, 6) is 0.891. The summed E-state index contributed by atoms with van der Waals surface area (Å²) in [5, 5.41) is 3.55. The summed E-state index contributed by atoms with van der Waals surface area (Å²) in [4.78, 5) is 0. The minimum atomic E-state index is 0.288. The Morgan fingerprint density at radius 3 is 2.55 bits per heavy atom. The Hall–Kier alpha value is -2.28. The fourth-order valence-corrected chi connectivity index (χ4v) is 4.45. The molecule has 1 fully saturated rings. The van der Waals surface area contributed by atoms with Crippen molar-refractivity contribution in [3.05, 3.63) is 89.2 Å². The van der Waals surface area contributed by atoms with Gasteiger partial charge in [-0.25, -0.2) is 0 Å². The Kier molecular flexibility index (Phi) is 8.16. The largest absolute Gasteiger partial charge is 0.381 e. The van der Waals surface area contributed by atoms with Gasteiger partial charge in [-0.05, 0) is 73.6 Å². The summed E-state index contributed by atoms with van der Waals surface area (Å²) in [7, 11) is 0. The maximum Gasteiger partial charge on any atom is 0.0658 e. The van der Waals surface area contributed by atoms with Crippen molar-refractivity contribution in [2.45, 2.75) is 71.8 Å². The third kappa shape index (κ3) is 6.63. The van der Waals surface area contributed by atoms with E-state index in [0.29, 0.717) is 0 Å². The Labute approximate surface area is 178 Å². The molecule has 154 valence electrons. The summed E-state index contributed by atoms with van der Waals surface area (Å²) in [6.07, 6.45) is 22.9. The molecular weight excluding hydrogens is 350 g/mol. The third-order valence-corrected chi connectivity index (χ3v) is 6.13. The molecule has 1 nitrogen and oxygen atoms in total. The first-order chi connectivity index (χ1) is 14.2. The Morgan fingerprint density at radius 1 is 1.07 bits per heavy atom.